The zero-order valence-corrected chi connectivity index (χ0v) is 10.6. The number of nitriles is 1. The van der Waals surface area contributed by atoms with Crippen LogP contribution in [-0.2, 0) is 0 Å². The number of nitrogens with zero attached hydrogens (tertiary/aromatic N) is 1. The first-order valence-corrected chi connectivity index (χ1v) is 5.73. The molecule has 0 aliphatic heterocycles. The molecule has 2 aromatic rings. The fourth-order valence-electron chi connectivity index (χ4n) is 1.74. The van der Waals surface area contributed by atoms with E-state index in [4.69, 9.17) is 17.5 Å². The summed E-state index contributed by atoms with van der Waals surface area (Å²) in [6.07, 6.45) is 0. The molecule has 0 unspecified atom stereocenters. The first-order valence-electron chi connectivity index (χ1n) is 5.33. The average Bonchev–Trinajstić information content (AvgIpc) is 2.32. The first-order chi connectivity index (χ1) is 8.11. The van der Waals surface area contributed by atoms with Crippen LogP contribution in [0, 0.1) is 29.8 Å². The molecule has 0 atom stereocenters. The van der Waals surface area contributed by atoms with E-state index in [0.29, 0.717) is 10.2 Å². The summed E-state index contributed by atoms with van der Waals surface area (Å²) in [4.78, 5) is 3.10. The molecular weight excluding hydrogens is 228 g/mol. The Bertz CT molecular complexity index is 663. The number of hydrogen-bond acceptors (Lipinski definition) is 2. The lowest BCUT2D eigenvalue weighted by Crippen LogP contribution is -1.90. The number of H-pyrrole nitrogens is 1. The number of aromatic nitrogens is 1. The highest BCUT2D eigenvalue weighted by molar-refractivity contribution is 7.71. The smallest absolute Gasteiger partial charge is 0.121 e. The second-order valence-electron chi connectivity index (χ2n) is 4.04. The summed E-state index contributed by atoms with van der Waals surface area (Å²) in [6, 6.07) is 12.0. The van der Waals surface area contributed by atoms with Crippen molar-refractivity contribution in [2.24, 2.45) is 0 Å². The Hall–Kier alpha value is -1.92. The Morgan fingerprint density at radius 3 is 2.59 bits per heavy atom. The summed E-state index contributed by atoms with van der Waals surface area (Å²) in [7, 11) is 0. The van der Waals surface area contributed by atoms with Crippen LogP contribution in [0.15, 0.2) is 30.3 Å². The first kappa shape index (κ1) is 11.6. The lowest BCUT2D eigenvalue weighted by atomic mass is 10.0. The predicted octanol–water partition coefficient (Wildman–Crippen LogP) is 3.90. The van der Waals surface area contributed by atoms with Gasteiger partial charge in [0.1, 0.15) is 10.7 Å². The quantitative estimate of drug-likeness (QED) is 0.768. The largest absolute Gasteiger partial charge is 0.345 e. The van der Waals surface area contributed by atoms with Crippen LogP contribution in [0.4, 0.5) is 0 Å². The lowest BCUT2D eigenvalue weighted by Gasteiger charge is -2.07. The Kier molecular flexibility index (Phi) is 3.08. The van der Waals surface area contributed by atoms with Crippen LogP contribution in [0.3, 0.4) is 0 Å². The van der Waals surface area contributed by atoms with Crippen LogP contribution in [0.5, 0.6) is 0 Å². The highest BCUT2D eigenvalue weighted by Crippen LogP contribution is 2.23. The maximum Gasteiger partial charge on any atom is 0.121 e. The number of hydrogen-bond donors (Lipinski definition) is 1. The van der Waals surface area contributed by atoms with Gasteiger partial charge in [0.2, 0.25) is 0 Å². The van der Waals surface area contributed by atoms with Crippen LogP contribution >= 0.6 is 12.2 Å². The normalized spacial score (nSPS) is 9.94. The summed E-state index contributed by atoms with van der Waals surface area (Å²) < 4.78 is 0.492. The molecule has 0 saturated heterocycles. The maximum atomic E-state index is 8.84. The van der Waals surface area contributed by atoms with Crippen molar-refractivity contribution >= 4 is 12.2 Å². The van der Waals surface area contributed by atoms with E-state index in [1.807, 2.05) is 6.07 Å². The summed E-state index contributed by atoms with van der Waals surface area (Å²) in [5.74, 6) is 0. The summed E-state index contributed by atoms with van der Waals surface area (Å²) in [6.45, 7) is 4.12. The monoisotopic (exact) mass is 240 g/mol. The minimum atomic E-state index is 0.492. The summed E-state index contributed by atoms with van der Waals surface area (Å²) >= 11 is 5.14. The minimum absolute atomic E-state index is 0.492. The van der Waals surface area contributed by atoms with Gasteiger partial charge >= 0.3 is 0 Å². The van der Waals surface area contributed by atoms with Gasteiger partial charge in [-0.05, 0) is 37.6 Å². The van der Waals surface area contributed by atoms with E-state index in [9.17, 15) is 0 Å². The molecule has 1 aromatic heterocycles. The van der Waals surface area contributed by atoms with Crippen molar-refractivity contribution in [2.45, 2.75) is 13.8 Å². The number of pyridine rings is 1. The van der Waals surface area contributed by atoms with Gasteiger partial charge in [-0.25, -0.2) is 0 Å². The van der Waals surface area contributed by atoms with Crippen LogP contribution in [0.2, 0.25) is 0 Å². The third-order valence-electron chi connectivity index (χ3n) is 2.71. The van der Waals surface area contributed by atoms with E-state index in [0.717, 1.165) is 11.3 Å². The molecule has 3 heteroatoms. The number of benzene rings is 1. The van der Waals surface area contributed by atoms with E-state index in [1.165, 1.54) is 11.1 Å². The van der Waals surface area contributed by atoms with E-state index in [1.54, 1.807) is 6.07 Å². The van der Waals surface area contributed by atoms with Crippen LogP contribution in [0.1, 0.15) is 16.7 Å². The number of aromatic amines is 1. The highest BCUT2D eigenvalue weighted by Gasteiger charge is 2.04. The van der Waals surface area contributed by atoms with Crippen molar-refractivity contribution in [3.8, 4) is 17.3 Å². The van der Waals surface area contributed by atoms with Gasteiger partial charge in [-0.2, -0.15) is 5.26 Å². The van der Waals surface area contributed by atoms with Crippen molar-refractivity contribution in [2.75, 3.05) is 0 Å². The van der Waals surface area contributed by atoms with E-state index in [2.05, 4.69) is 43.1 Å². The highest BCUT2D eigenvalue weighted by atomic mass is 32.1. The molecule has 0 amide bonds. The molecule has 0 bridgehead atoms. The molecule has 84 valence electrons. The zero-order valence-electron chi connectivity index (χ0n) is 9.74. The fourth-order valence-corrected chi connectivity index (χ4v) is 1.97. The second-order valence-corrected chi connectivity index (χ2v) is 4.45. The van der Waals surface area contributed by atoms with Gasteiger partial charge in [-0.3, -0.25) is 0 Å². The SMILES string of the molecule is Cc1ccc(C)c(-c2ccc(C#N)c(=S)[nH]2)c1. The van der Waals surface area contributed by atoms with E-state index in [-0.39, 0.29) is 0 Å². The maximum absolute atomic E-state index is 8.84. The van der Waals surface area contributed by atoms with Crippen molar-refractivity contribution in [1.82, 2.24) is 4.98 Å². The van der Waals surface area contributed by atoms with Gasteiger partial charge in [0.25, 0.3) is 0 Å². The van der Waals surface area contributed by atoms with Gasteiger partial charge in [-0.1, -0.05) is 29.9 Å². The summed E-state index contributed by atoms with van der Waals surface area (Å²) in [5, 5.41) is 8.84. The topological polar surface area (TPSA) is 39.6 Å². The van der Waals surface area contributed by atoms with Crippen LogP contribution < -0.4 is 0 Å². The number of rotatable bonds is 1. The van der Waals surface area contributed by atoms with Crippen molar-refractivity contribution in [3.63, 3.8) is 0 Å². The fraction of sp³-hybridized carbons (Fsp3) is 0.143. The standard InChI is InChI=1S/C14H12N2S/c1-9-3-4-10(2)12(7-9)13-6-5-11(8-15)14(17)16-13/h3-7H,1-2H3,(H,16,17). The third-order valence-corrected chi connectivity index (χ3v) is 3.04. The van der Waals surface area contributed by atoms with Crippen molar-refractivity contribution in [1.29, 1.82) is 5.26 Å². The Morgan fingerprint density at radius 1 is 1.18 bits per heavy atom. The van der Waals surface area contributed by atoms with Crippen LogP contribution in [0.25, 0.3) is 11.3 Å². The Morgan fingerprint density at radius 2 is 1.94 bits per heavy atom. The molecule has 1 heterocycles. The molecule has 2 nitrogen and oxygen atoms in total. The molecule has 0 aliphatic rings. The van der Waals surface area contributed by atoms with Gasteiger partial charge < -0.3 is 4.98 Å². The molecule has 0 aliphatic carbocycles. The van der Waals surface area contributed by atoms with Gasteiger partial charge in [0.15, 0.2) is 0 Å². The second kappa shape index (κ2) is 4.52. The molecule has 0 spiro atoms. The molecule has 0 radical (unpaired) electrons. The Labute approximate surface area is 106 Å². The van der Waals surface area contributed by atoms with Crippen molar-refractivity contribution in [3.05, 3.63) is 51.7 Å². The molecule has 0 saturated carbocycles. The van der Waals surface area contributed by atoms with E-state index >= 15 is 0 Å². The molecule has 0 fully saturated rings. The number of aryl methyl sites for hydroxylation is 2. The minimum Gasteiger partial charge on any atom is -0.345 e. The Balaban J connectivity index is 2.62. The van der Waals surface area contributed by atoms with E-state index < -0.39 is 0 Å². The van der Waals surface area contributed by atoms with Crippen LogP contribution in [-0.4, -0.2) is 4.98 Å². The molecule has 1 N–H and O–H groups in total. The zero-order chi connectivity index (χ0) is 12.4. The lowest BCUT2D eigenvalue weighted by molar-refractivity contribution is 1.25. The number of nitrogens with one attached hydrogen (secondary N) is 1. The molecular formula is C14H12N2S. The molecule has 1 aromatic carbocycles. The van der Waals surface area contributed by atoms with Gasteiger partial charge in [-0.15, -0.1) is 0 Å². The molecule has 2 rings (SSSR count). The summed E-state index contributed by atoms with van der Waals surface area (Å²) in [5.41, 5.74) is 4.98. The van der Waals surface area contributed by atoms with Gasteiger partial charge in [0.05, 0.1) is 5.56 Å². The van der Waals surface area contributed by atoms with Gasteiger partial charge in [0, 0.05) is 11.3 Å². The molecule has 17 heavy (non-hydrogen) atoms. The average molecular weight is 240 g/mol. The van der Waals surface area contributed by atoms with Crippen molar-refractivity contribution < 1.29 is 0 Å². The third kappa shape index (κ3) is 2.27. The predicted molar refractivity (Wildman–Crippen MR) is 71.3 cm³/mol.